The van der Waals surface area contributed by atoms with Crippen molar-refractivity contribution in [3.05, 3.63) is 99.5 Å². The summed E-state index contributed by atoms with van der Waals surface area (Å²) in [6.07, 6.45) is 4.47. The van der Waals surface area contributed by atoms with Crippen molar-refractivity contribution in [2.45, 2.75) is 76.9 Å². The van der Waals surface area contributed by atoms with Gasteiger partial charge < -0.3 is 15.0 Å². The van der Waals surface area contributed by atoms with Crippen LogP contribution in [0.1, 0.15) is 63.1 Å². The highest BCUT2D eigenvalue weighted by molar-refractivity contribution is 6.35. The lowest BCUT2D eigenvalue weighted by Crippen LogP contribution is -2.53. The maximum Gasteiger partial charge on any atom is 0.261 e. The number of hydrogen-bond donors (Lipinski definition) is 1. The normalized spacial score (nSPS) is 14.5. The molecule has 3 aromatic rings. The highest BCUT2D eigenvalue weighted by Gasteiger charge is 2.33. The van der Waals surface area contributed by atoms with E-state index in [9.17, 15) is 9.59 Å². The second kappa shape index (κ2) is 13.6. The van der Waals surface area contributed by atoms with Crippen LogP contribution in [0.2, 0.25) is 10.0 Å². The Kier molecular flexibility index (Phi) is 10.2. The maximum absolute atomic E-state index is 13.9. The van der Waals surface area contributed by atoms with Gasteiger partial charge in [0, 0.05) is 29.1 Å². The molecule has 0 aliphatic heterocycles. The molecule has 3 aromatic carbocycles. The van der Waals surface area contributed by atoms with Crippen LogP contribution in [0.4, 0.5) is 0 Å². The van der Waals surface area contributed by atoms with Crippen LogP contribution < -0.4 is 10.1 Å². The number of nitrogens with one attached hydrogen (secondary N) is 1. The smallest absolute Gasteiger partial charge is 0.261 e. The first-order valence-corrected chi connectivity index (χ1v) is 14.7. The standard InChI is InChI=1S/C33H38Cl2N2O3/c1-33(2,3)25-14-17-28(18-15-25)40-22-31(38)37(21-24-13-16-26(34)20-29(24)35)30(19-23-9-5-4-6-10-23)32(39)36-27-11-7-8-12-27/h4-6,9-10,13-18,20,27,30H,7-8,11-12,19,21-22H2,1-3H3,(H,36,39)/t30-/m1/s1. The van der Waals surface area contributed by atoms with E-state index in [4.69, 9.17) is 27.9 Å². The monoisotopic (exact) mass is 580 g/mol. The fourth-order valence-corrected chi connectivity index (χ4v) is 5.50. The molecular weight excluding hydrogens is 543 g/mol. The van der Waals surface area contributed by atoms with Crippen LogP contribution in [-0.4, -0.2) is 35.4 Å². The lowest BCUT2D eigenvalue weighted by molar-refractivity contribution is -0.143. The predicted octanol–water partition coefficient (Wildman–Crippen LogP) is 7.37. The van der Waals surface area contributed by atoms with Crippen molar-refractivity contribution >= 4 is 35.0 Å². The molecule has 1 N–H and O–H groups in total. The van der Waals surface area contributed by atoms with Gasteiger partial charge in [0.25, 0.3) is 5.91 Å². The zero-order valence-corrected chi connectivity index (χ0v) is 25.0. The zero-order chi connectivity index (χ0) is 28.7. The van der Waals surface area contributed by atoms with Gasteiger partial charge in [-0.3, -0.25) is 9.59 Å². The zero-order valence-electron chi connectivity index (χ0n) is 23.5. The summed E-state index contributed by atoms with van der Waals surface area (Å²) in [5, 5.41) is 4.16. The van der Waals surface area contributed by atoms with Gasteiger partial charge in [0.05, 0.1) is 0 Å². The molecular formula is C33H38Cl2N2O3. The number of carbonyl (C=O) groups is 2. The highest BCUT2D eigenvalue weighted by Crippen LogP contribution is 2.26. The molecule has 1 aliphatic rings. The fourth-order valence-electron chi connectivity index (χ4n) is 5.03. The Labute approximate surface area is 247 Å². The summed E-state index contributed by atoms with van der Waals surface area (Å²) in [5.41, 5.74) is 2.87. The van der Waals surface area contributed by atoms with E-state index in [1.54, 1.807) is 23.1 Å². The molecule has 1 atom stereocenters. The number of amides is 2. The summed E-state index contributed by atoms with van der Waals surface area (Å²) in [6, 6.07) is 22.1. The van der Waals surface area contributed by atoms with E-state index < -0.39 is 6.04 Å². The van der Waals surface area contributed by atoms with E-state index in [0.29, 0.717) is 27.8 Å². The average molecular weight is 582 g/mol. The van der Waals surface area contributed by atoms with Gasteiger partial charge >= 0.3 is 0 Å². The minimum Gasteiger partial charge on any atom is -0.484 e. The molecule has 0 heterocycles. The van der Waals surface area contributed by atoms with Crippen molar-refractivity contribution in [2.24, 2.45) is 0 Å². The van der Waals surface area contributed by atoms with Crippen molar-refractivity contribution in [3.8, 4) is 5.75 Å². The molecule has 40 heavy (non-hydrogen) atoms. The van der Waals surface area contributed by atoms with Crippen LogP contribution in [0.5, 0.6) is 5.75 Å². The molecule has 0 bridgehead atoms. The molecule has 0 spiro atoms. The quantitative estimate of drug-likeness (QED) is 0.272. The Morgan fingerprint density at radius 1 is 0.975 bits per heavy atom. The minimum absolute atomic E-state index is 0.0142. The molecule has 0 unspecified atom stereocenters. The number of benzene rings is 3. The Hall–Kier alpha value is -3.02. The number of rotatable bonds is 10. The van der Waals surface area contributed by atoms with E-state index >= 15 is 0 Å². The first kappa shape index (κ1) is 30.0. The molecule has 0 aromatic heterocycles. The first-order valence-electron chi connectivity index (χ1n) is 13.9. The Morgan fingerprint density at radius 3 is 2.27 bits per heavy atom. The van der Waals surface area contributed by atoms with E-state index in [2.05, 4.69) is 26.1 Å². The van der Waals surface area contributed by atoms with Crippen LogP contribution in [-0.2, 0) is 28.0 Å². The molecule has 7 heteroatoms. The van der Waals surface area contributed by atoms with Gasteiger partial charge in [-0.2, -0.15) is 0 Å². The summed E-state index contributed by atoms with van der Waals surface area (Å²) >= 11 is 12.7. The summed E-state index contributed by atoms with van der Waals surface area (Å²) in [7, 11) is 0. The molecule has 1 saturated carbocycles. The second-order valence-corrected chi connectivity index (χ2v) is 12.4. The fraction of sp³-hybridized carbons (Fsp3) is 0.394. The van der Waals surface area contributed by atoms with Crippen LogP contribution >= 0.6 is 23.2 Å². The summed E-state index contributed by atoms with van der Waals surface area (Å²) in [4.78, 5) is 29.2. The van der Waals surface area contributed by atoms with Crippen molar-refractivity contribution < 1.29 is 14.3 Å². The molecule has 0 saturated heterocycles. The van der Waals surface area contributed by atoms with E-state index in [-0.39, 0.29) is 36.4 Å². The van der Waals surface area contributed by atoms with Gasteiger partial charge in [-0.15, -0.1) is 0 Å². The minimum atomic E-state index is -0.742. The molecule has 212 valence electrons. The summed E-state index contributed by atoms with van der Waals surface area (Å²) in [5.74, 6) is 0.137. The predicted molar refractivity (Wildman–Crippen MR) is 162 cm³/mol. The molecule has 1 aliphatic carbocycles. The summed E-state index contributed by atoms with van der Waals surface area (Å²) < 4.78 is 5.94. The average Bonchev–Trinajstić information content (AvgIpc) is 3.43. The van der Waals surface area contributed by atoms with Gasteiger partial charge in [0.15, 0.2) is 6.61 Å². The van der Waals surface area contributed by atoms with Gasteiger partial charge in [0.2, 0.25) is 5.91 Å². The molecule has 4 rings (SSSR count). The Morgan fingerprint density at radius 2 is 1.65 bits per heavy atom. The van der Waals surface area contributed by atoms with Gasteiger partial charge in [-0.05, 0) is 59.2 Å². The SMILES string of the molecule is CC(C)(C)c1ccc(OCC(=O)N(Cc2ccc(Cl)cc2Cl)[C@H](Cc2ccccc2)C(=O)NC2CCCC2)cc1. The van der Waals surface area contributed by atoms with Crippen molar-refractivity contribution in [3.63, 3.8) is 0 Å². The molecule has 1 fully saturated rings. The molecule has 0 radical (unpaired) electrons. The van der Waals surface area contributed by atoms with Crippen LogP contribution in [0.25, 0.3) is 0 Å². The largest absolute Gasteiger partial charge is 0.484 e. The molecule has 5 nitrogen and oxygen atoms in total. The molecule has 2 amide bonds. The van der Waals surface area contributed by atoms with Gasteiger partial charge in [-0.25, -0.2) is 0 Å². The van der Waals surface area contributed by atoms with E-state index in [0.717, 1.165) is 31.2 Å². The van der Waals surface area contributed by atoms with Crippen molar-refractivity contribution in [2.75, 3.05) is 6.61 Å². The third-order valence-electron chi connectivity index (χ3n) is 7.41. The Balaban J connectivity index is 1.61. The van der Waals surface area contributed by atoms with Crippen LogP contribution in [0, 0.1) is 0 Å². The lowest BCUT2D eigenvalue weighted by atomic mass is 9.87. The van der Waals surface area contributed by atoms with Crippen LogP contribution in [0.3, 0.4) is 0 Å². The lowest BCUT2D eigenvalue weighted by Gasteiger charge is -2.32. The maximum atomic E-state index is 13.9. The van der Waals surface area contributed by atoms with Gasteiger partial charge in [0.1, 0.15) is 11.8 Å². The summed E-state index contributed by atoms with van der Waals surface area (Å²) in [6.45, 7) is 6.39. The third kappa shape index (κ3) is 8.25. The van der Waals surface area contributed by atoms with E-state index in [1.165, 1.54) is 5.56 Å². The van der Waals surface area contributed by atoms with E-state index in [1.807, 2.05) is 54.6 Å². The van der Waals surface area contributed by atoms with Crippen molar-refractivity contribution in [1.29, 1.82) is 0 Å². The van der Waals surface area contributed by atoms with Gasteiger partial charge in [-0.1, -0.05) is 105 Å². The first-order chi connectivity index (χ1) is 19.1. The second-order valence-electron chi connectivity index (χ2n) is 11.5. The number of halogens is 2. The number of ether oxygens (including phenoxy) is 1. The topological polar surface area (TPSA) is 58.6 Å². The third-order valence-corrected chi connectivity index (χ3v) is 8.00. The number of nitrogens with zero attached hydrogens (tertiary/aromatic N) is 1. The Bertz CT molecular complexity index is 1280. The number of hydrogen-bond acceptors (Lipinski definition) is 3. The van der Waals surface area contributed by atoms with Crippen molar-refractivity contribution in [1.82, 2.24) is 10.2 Å². The highest BCUT2D eigenvalue weighted by atomic mass is 35.5. The number of carbonyl (C=O) groups excluding carboxylic acids is 2. The van der Waals surface area contributed by atoms with Crippen LogP contribution in [0.15, 0.2) is 72.8 Å².